The molecule has 1 atom stereocenters. The third-order valence-corrected chi connectivity index (χ3v) is 13.9. The van der Waals surface area contributed by atoms with Gasteiger partial charge in [-0.1, -0.05) is 92.0 Å². The van der Waals surface area contributed by atoms with E-state index >= 15 is 0 Å². The molecule has 0 aliphatic carbocycles. The third-order valence-electron chi connectivity index (χ3n) is 7.91. The molecule has 0 bridgehead atoms. The van der Waals surface area contributed by atoms with Crippen LogP contribution in [0.15, 0.2) is 121 Å². The van der Waals surface area contributed by atoms with Gasteiger partial charge in [-0.05, 0) is 82.5 Å². The number of para-hydroxylation sites is 2. The Labute approximate surface area is 249 Å². The van der Waals surface area contributed by atoms with Gasteiger partial charge in [-0.2, -0.15) is 0 Å². The minimum atomic E-state index is -1.93. The first-order valence-electron chi connectivity index (χ1n) is 14.5. The highest BCUT2D eigenvalue weighted by molar-refractivity contribution is 7.31. The summed E-state index contributed by atoms with van der Waals surface area (Å²) in [4.78, 5) is 3.61. The van der Waals surface area contributed by atoms with Crippen molar-refractivity contribution in [1.82, 2.24) is 0 Å². The molecule has 3 nitrogen and oxygen atoms in total. The van der Waals surface area contributed by atoms with Crippen LogP contribution in [-0.4, -0.2) is 21.0 Å². The van der Waals surface area contributed by atoms with Gasteiger partial charge in [0.25, 0.3) is 0 Å². The van der Waals surface area contributed by atoms with Gasteiger partial charge in [0.15, 0.2) is 6.29 Å². The zero-order chi connectivity index (χ0) is 28.1. The summed E-state index contributed by atoms with van der Waals surface area (Å²) in [6.45, 7) is 6.33. The number of nitrogens with zero attached hydrogens (tertiary/aromatic N) is 1. The minimum Gasteiger partial charge on any atom is -0.353 e. The first kappa shape index (κ1) is 27.7. The van der Waals surface area contributed by atoms with Crippen LogP contribution in [0, 0.1) is 0 Å². The molecule has 0 saturated carbocycles. The standard InChI is InChI=1S/C36H37NO2SSi/c1-41(2,34-18-10-9-13-29(34)27-39-35-19-11-12-26-38-35)36-25-24-33(40-36)28-20-22-32(23-21-28)37(30-14-5-3-6-15-30)31-16-7-4-8-17-31/h3-10,13-18,20-25,35H,11-12,19,26-27H2,1-2H3. The monoisotopic (exact) mass is 575 g/mol. The van der Waals surface area contributed by atoms with Crippen LogP contribution in [0.25, 0.3) is 10.4 Å². The molecule has 1 aliphatic rings. The molecule has 5 heteroatoms. The number of anilines is 3. The Morgan fingerprint density at radius 2 is 1.37 bits per heavy atom. The maximum absolute atomic E-state index is 6.21. The van der Waals surface area contributed by atoms with E-state index in [-0.39, 0.29) is 6.29 Å². The highest BCUT2D eigenvalue weighted by Crippen LogP contribution is 2.36. The normalized spacial score (nSPS) is 15.5. The number of benzene rings is 4. The Hall–Kier alpha value is -3.48. The summed E-state index contributed by atoms with van der Waals surface area (Å²) in [6.07, 6.45) is 3.24. The van der Waals surface area contributed by atoms with Gasteiger partial charge < -0.3 is 14.4 Å². The summed E-state index contributed by atoms with van der Waals surface area (Å²) in [6, 6.07) is 43.6. The van der Waals surface area contributed by atoms with E-state index in [1.54, 1.807) is 0 Å². The SMILES string of the molecule is C[Si](C)(c1ccc(-c2ccc(N(c3ccccc3)c3ccccc3)cc2)s1)c1ccccc1COC1CCCCO1. The molecule has 0 spiro atoms. The molecule has 1 fully saturated rings. The summed E-state index contributed by atoms with van der Waals surface area (Å²) in [5.74, 6) is 0. The maximum atomic E-state index is 6.21. The van der Waals surface area contributed by atoms with Gasteiger partial charge in [0.05, 0.1) is 6.61 Å². The Kier molecular flexibility index (Phi) is 8.49. The summed E-state index contributed by atoms with van der Waals surface area (Å²) in [5.41, 5.74) is 5.99. The number of thiophene rings is 1. The van der Waals surface area contributed by atoms with Crippen LogP contribution in [0.3, 0.4) is 0 Å². The minimum absolute atomic E-state index is 0.0717. The topological polar surface area (TPSA) is 21.7 Å². The smallest absolute Gasteiger partial charge is 0.158 e. The van der Waals surface area contributed by atoms with Crippen molar-refractivity contribution in [3.8, 4) is 10.4 Å². The second kappa shape index (κ2) is 12.6. The third kappa shape index (κ3) is 6.24. The van der Waals surface area contributed by atoms with Crippen LogP contribution in [0.4, 0.5) is 17.1 Å². The molecule has 1 saturated heterocycles. The largest absolute Gasteiger partial charge is 0.353 e. The summed E-state index contributed by atoms with van der Waals surface area (Å²) < 4.78 is 13.5. The Balaban J connectivity index is 1.24. The van der Waals surface area contributed by atoms with Crippen LogP contribution >= 0.6 is 11.3 Å². The average Bonchev–Trinajstić information content (AvgIpc) is 3.54. The van der Waals surface area contributed by atoms with E-state index in [2.05, 4.69) is 139 Å². The van der Waals surface area contributed by atoms with Crippen LogP contribution in [-0.2, 0) is 16.1 Å². The lowest BCUT2D eigenvalue weighted by atomic mass is 10.1. The molecule has 2 heterocycles. The first-order chi connectivity index (χ1) is 20.1. The Morgan fingerprint density at radius 3 is 2.02 bits per heavy atom. The van der Waals surface area contributed by atoms with Crippen LogP contribution in [0.5, 0.6) is 0 Å². The van der Waals surface area contributed by atoms with E-state index in [1.807, 2.05) is 11.3 Å². The molecule has 0 radical (unpaired) electrons. The van der Waals surface area contributed by atoms with Crippen molar-refractivity contribution in [2.45, 2.75) is 45.3 Å². The lowest BCUT2D eigenvalue weighted by Gasteiger charge is -2.27. The zero-order valence-corrected chi connectivity index (χ0v) is 25.6. The van der Waals surface area contributed by atoms with Gasteiger partial charge in [-0.15, -0.1) is 11.3 Å². The van der Waals surface area contributed by atoms with Crippen LogP contribution < -0.4 is 14.6 Å². The molecule has 1 aromatic heterocycles. The highest BCUT2D eigenvalue weighted by atomic mass is 32.1. The van der Waals surface area contributed by atoms with Gasteiger partial charge in [0.1, 0.15) is 8.07 Å². The molecular weight excluding hydrogens is 539 g/mol. The summed E-state index contributed by atoms with van der Waals surface area (Å²) >= 11 is 1.93. The fourth-order valence-corrected chi connectivity index (χ4v) is 10.3. The molecule has 0 N–H and O–H groups in total. The van der Waals surface area contributed by atoms with E-state index in [0.717, 1.165) is 36.5 Å². The first-order valence-corrected chi connectivity index (χ1v) is 18.3. The lowest BCUT2D eigenvalue weighted by molar-refractivity contribution is -0.168. The van der Waals surface area contributed by atoms with E-state index in [0.29, 0.717) is 6.61 Å². The Morgan fingerprint density at radius 1 is 0.732 bits per heavy atom. The van der Waals surface area contributed by atoms with Gasteiger partial charge in [0, 0.05) is 28.5 Å². The second-order valence-corrected chi connectivity index (χ2v) is 16.9. The van der Waals surface area contributed by atoms with Crippen molar-refractivity contribution < 1.29 is 9.47 Å². The fraction of sp³-hybridized carbons (Fsp3) is 0.222. The maximum Gasteiger partial charge on any atom is 0.158 e. The van der Waals surface area contributed by atoms with Gasteiger partial charge in [-0.3, -0.25) is 0 Å². The van der Waals surface area contributed by atoms with E-state index < -0.39 is 8.07 Å². The van der Waals surface area contributed by atoms with E-state index in [9.17, 15) is 0 Å². The summed E-state index contributed by atoms with van der Waals surface area (Å²) in [7, 11) is -1.93. The number of ether oxygens (including phenoxy) is 2. The molecule has 1 aliphatic heterocycles. The van der Waals surface area contributed by atoms with Gasteiger partial charge >= 0.3 is 0 Å². The average molecular weight is 576 g/mol. The second-order valence-electron chi connectivity index (χ2n) is 11.1. The van der Waals surface area contributed by atoms with Crippen LogP contribution in [0.2, 0.25) is 13.1 Å². The zero-order valence-electron chi connectivity index (χ0n) is 23.8. The van der Waals surface area contributed by atoms with Crippen molar-refractivity contribution in [1.29, 1.82) is 0 Å². The Bertz CT molecular complexity index is 1500. The molecule has 6 rings (SSSR count). The molecule has 1 unspecified atom stereocenters. The van der Waals surface area contributed by atoms with Crippen molar-refractivity contribution >= 4 is 46.2 Å². The fourth-order valence-electron chi connectivity index (χ4n) is 5.62. The number of rotatable bonds is 9. The summed E-state index contributed by atoms with van der Waals surface area (Å²) in [5, 5.41) is 1.45. The van der Waals surface area contributed by atoms with E-state index in [1.165, 1.54) is 32.1 Å². The number of hydrogen-bond donors (Lipinski definition) is 0. The van der Waals surface area contributed by atoms with Crippen molar-refractivity contribution in [2.24, 2.45) is 0 Å². The van der Waals surface area contributed by atoms with E-state index in [4.69, 9.17) is 9.47 Å². The molecule has 0 amide bonds. The predicted molar refractivity (Wildman–Crippen MR) is 176 cm³/mol. The number of hydrogen-bond acceptors (Lipinski definition) is 4. The predicted octanol–water partition coefficient (Wildman–Crippen LogP) is 8.75. The molecular formula is C36H37NO2SSi. The molecule has 5 aromatic rings. The quantitative estimate of drug-likeness (QED) is 0.164. The molecule has 4 aromatic carbocycles. The molecule has 208 valence electrons. The van der Waals surface area contributed by atoms with Crippen molar-refractivity contribution in [2.75, 3.05) is 11.5 Å². The van der Waals surface area contributed by atoms with Crippen LogP contribution in [0.1, 0.15) is 24.8 Å². The molecule has 41 heavy (non-hydrogen) atoms. The van der Waals surface area contributed by atoms with Gasteiger partial charge in [0.2, 0.25) is 0 Å². The van der Waals surface area contributed by atoms with Gasteiger partial charge in [-0.25, -0.2) is 0 Å². The van der Waals surface area contributed by atoms with Crippen molar-refractivity contribution in [3.63, 3.8) is 0 Å². The van der Waals surface area contributed by atoms with Crippen molar-refractivity contribution in [3.05, 3.63) is 127 Å². The highest BCUT2D eigenvalue weighted by Gasteiger charge is 2.30. The lowest BCUT2D eigenvalue weighted by Crippen LogP contribution is -2.53.